The number of pyridine rings is 1. The number of hydrogen-bond acceptors (Lipinski definition) is 2. The lowest BCUT2D eigenvalue weighted by Gasteiger charge is -2.16. The second-order valence-electron chi connectivity index (χ2n) is 13.5. The predicted molar refractivity (Wildman–Crippen MR) is 215 cm³/mol. The summed E-state index contributed by atoms with van der Waals surface area (Å²) >= 11 is 0. The van der Waals surface area contributed by atoms with Gasteiger partial charge in [0.05, 0.1) is 44.5 Å². The highest BCUT2D eigenvalue weighted by atomic mass is 16.3. The van der Waals surface area contributed by atoms with E-state index in [-0.39, 0.29) is 0 Å². The van der Waals surface area contributed by atoms with Crippen molar-refractivity contribution in [2.24, 2.45) is 0 Å². The van der Waals surface area contributed by atoms with Crippen molar-refractivity contribution in [3.8, 4) is 17.2 Å². The van der Waals surface area contributed by atoms with E-state index in [0.717, 1.165) is 83.0 Å². The van der Waals surface area contributed by atoms with E-state index in [1.807, 2.05) is 18.3 Å². The maximum Gasteiger partial charge on any atom is 0.182 e. The van der Waals surface area contributed by atoms with Crippen molar-refractivity contribution in [1.82, 2.24) is 18.7 Å². The maximum atomic E-state index is 6.75. The summed E-state index contributed by atoms with van der Waals surface area (Å²) < 4.78 is 14.0. The summed E-state index contributed by atoms with van der Waals surface area (Å²) in [6.07, 6.45) is 1.92. The summed E-state index contributed by atoms with van der Waals surface area (Å²) in [6, 6.07) is 58.5. The molecule has 0 aliphatic rings. The molecule has 0 amide bonds. The summed E-state index contributed by atoms with van der Waals surface area (Å²) in [4.78, 5) is 5.19. The minimum atomic E-state index is 0.759. The lowest BCUT2D eigenvalue weighted by Crippen LogP contribution is -2.05. The second-order valence-corrected chi connectivity index (χ2v) is 13.5. The van der Waals surface area contributed by atoms with Gasteiger partial charge in [0.15, 0.2) is 11.4 Å². The van der Waals surface area contributed by atoms with Crippen LogP contribution in [0.15, 0.2) is 174 Å². The molecule has 0 aliphatic heterocycles. The van der Waals surface area contributed by atoms with Gasteiger partial charge in [0.2, 0.25) is 0 Å². The van der Waals surface area contributed by atoms with Crippen molar-refractivity contribution in [2.45, 2.75) is 0 Å². The molecule has 5 aromatic heterocycles. The van der Waals surface area contributed by atoms with Gasteiger partial charge in [0.1, 0.15) is 5.58 Å². The fraction of sp³-hybridized carbons (Fsp3) is 0. The van der Waals surface area contributed by atoms with E-state index >= 15 is 0 Å². The lowest BCUT2D eigenvalue weighted by molar-refractivity contribution is 0.663. The van der Waals surface area contributed by atoms with Gasteiger partial charge in [-0.1, -0.05) is 115 Å². The standard InChI is InChI=1S/C47H28N4O/c1-6-20-37-29(13-1)30-14-2-7-21-38(30)49(37)41-24-11-18-34-35-19-12-25-42(50-39-22-8-3-15-31(39)32-16-4-9-23-40(32)50)45(35)51(44(34)41)47-46-36(27-28-48-47)33-17-5-10-26-43(33)52-46/h1-28H. The van der Waals surface area contributed by atoms with E-state index in [0.29, 0.717) is 0 Å². The molecule has 0 unspecified atom stereocenters. The van der Waals surface area contributed by atoms with Gasteiger partial charge in [-0.25, -0.2) is 4.98 Å². The Bertz CT molecular complexity index is 3150. The van der Waals surface area contributed by atoms with Crippen molar-refractivity contribution in [3.05, 3.63) is 170 Å². The Hall–Kier alpha value is -7.11. The summed E-state index contributed by atoms with van der Waals surface area (Å²) in [5, 5.41) is 9.30. The van der Waals surface area contributed by atoms with Gasteiger partial charge in [-0.2, -0.15) is 0 Å². The van der Waals surface area contributed by atoms with Gasteiger partial charge in [-0.05, 0) is 48.5 Å². The van der Waals surface area contributed by atoms with Crippen LogP contribution in [0.5, 0.6) is 0 Å². The average Bonchev–Trinajstić information content (AvgIpc) is 3.95. The van der Waals surface area contributed by atoms with E-state index in [1.165, 1.54) is 21.5 Å². The van der Waals surface area contributed by atoms with Crippen LogP contribution in [0.25, 0.3) is 105 Å². The Balaban J connectivity index is 1.33. The van der Waals surface area contributed by atoms with Gasteiger partial charge in [0, 0.05) is 49.3 Å². The van der Waals surface area contributed by atoms with Gasteiger partial charge >= 0.3 is 0 Å². The zero-order valence-corrected chi connectivity index (χ0v) is 27.9. The first kappa shape index (κ1) is 27.7. The van der Waals surface area contributed by atoms with E-state index in [1.54, 1.807) is 0 Å². The van der Waals surface area contributed by atoms with Crippen molar-refractivity contribution < 1.29 is 4.42 Å². The van der Waals surface area contributed by atoms with Crippen LogP contribution in [0.3, 0.4) is 0 Å². The minimum Gasteiger partial charge on any atom is -0.452 e. The first-order valence-electron chi connectivity index (χ1n) is 17.6. The number of para-hydroxylation sites is 7. The highest BCUT2D eigenvalue weighted by Gasteiger charge is 2.26. The molecular formula is C47H28N4O. The number of nitrogens with zero attached hydrogens (tertiary/aromatic N) is 4. The number of rotatable bonds is 3. The molecule has 5 heterocycles. The molecule has 5 nitrogen and oxygen atoms in total. The molecule has 12 aromatic rings. The third-order valence-corrected chi connectivity index (χ3v) is 10.9. The highest BCUT2D eigenvalue weighted by molar-refractivity contribution is 6.19. The molecule has 12 rings (SSSR count). The van der Waals surface area contributed by atoms with Crippen LogP contribution in [0, 0.1) is 0 Å². The molecule has 0 spiro atoms. The highest BCUT2D eigenvalue weighted by Crippen LogP contribution is 2.44. The molecular weight excluding hydrogens is 637 g/mol. The molecule has 0 aliphatic carbocycles. The normalized spacial score (nSPS) is 12.2. The van der Waals surface area contributed by atoms with Gasteiger partial charge < -0.3 is 13.6 Å². The summed E-state index contributed by atoms with van der Waals surface area (Å²) in [5.41, 5.74) is 10.5. The molecule has 0 atom stereocenters. The summed E-state index contributed by atoms with van der Waals surface area (Å²) in [5.74, 6) is 0.759. The predicted octanol–water partition coefficient (Wildman–Crippen LogP) is 12.3. The number of benzene rings is 7. The van der Waals surface area contributed by atoms with E-state index in [4.69, 9.17) is 9.40 Å². The average molecular weight is 665 g/mol. The fourth-order valence-electron chi connectivity index (χ4n) is 8.81. The Labute approximate surface area is 296 Å². The molecule has 0 saturated heterocycles. The molecule has 0 N–H and O–H groups in total. The van der Waals surface area contributed by atoms with Crippen LogP contribution < -0.4 is 0 Å². The van der Waals surface area contributed by atoms with Gasteiger partial charge in [-0.3, -0.25) is 4.57 Å². The summed E-state index contributed by atoms with van der Waals surface area (Å²) in [6.45, 7) is 0. The molecule has 0 bridgehead atoms. The molecule has 52 heavy (non-hydrogen) atoms. The largest absolute Gasteiger partial charge is 0.452 e. The Morgan fingerprint density at radius 3 is 1.27 bits per heavy atom. The summed E-state index contributed by atoms with van der Waals surface area (Å²) in [7, 11) is 0. The van der Waals surface area contributed by atoms with E-state index in [9.17, 15) is 0 Å². The Morgan fingerprint density at radius 1 is 0.346 bits per heavy atom. The minimum absolute atomic E-state index is 0.759. The van der Waals surface area contributed by atoms with Crippen LogP contribution in [-0.2, 0) is 0 Å². The van der Waals surface area contributed by atoms with Crippen LogP contribution in [0.2, 0.25) is 0 Å². The Kier molecular flexibility index (Phi) is 5.44. The fourth-order valence-corrected chi connectivity index (χ4v) is 8.81. The van der Waals surface area contributed by atoms with E-state index in [2.05, 4.69) is 165 Å². The second kappa shape index (κ2) is 10.2. The zero-order valence-electron chi connectivity index (χ0n) is 27.9. The van der Waals surface area contributed by atoms with Crippen LogP contribution >= 0.6 is 0 Å². The monoisotopic (exact) mass is 664 g/mol. The topological polar surface area (TPSA) is 40.8 Å². The van der Waals surface area contributed by atoms with E-state index < -0.39 is 0 Å². The number of fused-ring (bicyclic) bond motifs is 12. The third-order valence-electron chi connectivity index (χ3n) is 10.9. The van der Waals surface area contributed by atoms with Crippen molar-refractivity contribution >= 4 is 87.4 Å². The van der Waals surface area contributed by atoms with Gasteiger partial charge in [-0.15, -0.1) is 0 Å². The molecule has 0 saturated carbocycles. The first-order chi connectivity index (χ1) is 25.8. The van der Waals surface area contributed by atoms with Crippen LogP contribution in [0.4, 0.5) is 0 Å². The van der Waals surface area contributed by atoms with Crippen LogP contribution in [-0.4, -0.2) is 18.7 Å². The van der Waals surface area contributed by atoms with Crippen molar-refractivity contribution in [1.29, 1.82) is 0 Å². The van der Waals surface area contributed by atoms with Gasteiger partial charge in [0.25, 0.3) is 0 Å². The van der Waals surface area contributed by atoms with Crippen LogP contribution in [0.1, 0.15) is 0 Å². The first-order valence-corrected chi connectivity index (χ1v) is 17.6. The molecule has 0 fully saturated rings. The number of furan rings is 1. The smallest absolute Gasteiger partial charge is 0.182 e. The number of hydrogen-bond donors (Lipinski definition) is 0. The molecule has 242 valence electrons. The third kappa shape index (κ3) is 3.54. The SMILES string of the molecule is c1ccc2c(c1)oc1c(-n3c4c(-n5c6ccccc6c6ccccc65)cccc4c4cccc(-n5c6ccccc6c6ccccc65)c43)nccc12. The van der Waals surface area contributed by atoms with Crippen molar-refractivity contribution in [3.63, 3.8) is 0 Å². The molecule has 7 aromatic carbocycles. The Morgan fingerprint density at radius 2 is 0.769 bits per heavy atom. The number of aromatic nitrogens is 4. The molecule has 5 heteroatoms. The van der Waals surface area contributed by atoms with Crippen molar-refractivity contribution in [2.75, 3.05) is 0 Å². The lowest BCUT2D eigenvalue weighted by atomic mass is 10.1. The molecule has 0 radical (unpaired) electrons. The maximum absolute atomic E-state index is 6.75. The quantitative estimate of drug-likeness (QED) is 0.189. The zero-order chi connectivity index (χ0) is 33.9.